The van der Waals surface area contributed by atoms with Gasteiger partial charge in [0.25, 0.3) is 5.91 Å². The van der Waals surface area contributed by atoms with Crippen LogP contribution < -0.4 is 4.90 Å². The van der Waals surface area contributed by atoms with Gasteiger partial charge in [-0.15, -0.1) is 0 Å². The third-order valence-corrected chi connectivity index (χ3v) is 5.15. The molecule has 1 atom stereocenters. The molecule has 0 spiro atoms. The zero-order chi connectivity index (χ0) is 17.9. The van der Waals surface area contributed by atoms with Gasteiger partial charge in [-0.1, -0.05) is 24.3 Å². The lowest BCUT2D eigenvalue weighted by molar-refractivity contribution is -0.145. The second kappa shape index (κ2) is 7.19. The van der Waals surface area contributed by atoms with E-state index in [1.165, 1.54) is 11.1 Å². The van der Waals surface area contributed by atoms with Crippen molar-refractivity contribution in [2.75, 3.05) is 31.1 Å². The minimum Gasteiger partial charge on any atom is -0.366 e. The lowest BCUT2D eigenvalue weighted by atomic mass is 9.99. The van der Waals surface area contributed by atoms with Crippen LogP contribution in [0, 0.1) is 11.3 Å². The molecule has 1 fully saturated rings. The molecule has 1 unspecified atom stereocenters. The molecule has 1 saturated heterocycles. The third kappa shape index (κ3) is 3.29. The number of carbonyl (C=O) groups is 1. The highest BCUT2D eigenvalue weighted by Gasteiger charge is 2.31. The van der Waals surface area contributed by atoms with E-state index in [-0.39, 0.29) is 5.91 Å². The van der Waals surface area contributed by atoms with Crippen molar-refractivity contribution in [2.45, 2.75) is 19.1 Å². The highest BCUT2D eigenvalue weighted by molar-refractivity contribution is 5.82. The van der Waals surface area contributed by atoms with E-state index in [0.29, 0.717) is 25.3 Å². The Labute approximate surface area is 153 Å². The van der Waals surface area contributed by atoms with Crippen molar-refractivity contribution in [3.63, 3.8) is 0 Å². The minimum absolute atomic E-state index is 0.0675. The van der Waals surface area contributed by atoms with Crippen molar-refractivity contribution < 1.29 is 9.53 Å². The van der Waals surface area contributed by atoms with Crippen molar-refractivity contribution in [2.24, 2.45) is 0 Å². The second-order valence-electron chi connectivity index (χ2n) is 6.74. The predicted molar refractivity (Wildman–Crippen MR) is 98.7 cm³/mol. The molecule has 2 heterocycles. The number of fused-ring (bicyclic) bond motifs is 1. The summed E-state index contributed by atoms with van der Waals surface area (Å²) in [7, 11) is 0. The fraction of sp³-hybridized carbons (Fsp3) is 0.333. The molecule has 132 valence electrons. The molecular formula is C21H21N3O2. The Morgan fingerprint density at radius 2 is 1.85 bits per heavy atom. The van der Waals surface area contributed by atoms with Crippen molar-refractivity contribution in [1.82, 2.24) is 4.90 Å². The summed E-state index contributed by atoms with van der Waals surface area (Å²) in [6, 6.07) is 17.9. The number of carbonyl (C=O) groups excluding carboxylic acids is 1. The maximum atomic E-state index is 13.0. The van der Waals surface area contributed by atoms with Crippen LogP contribution in [0.1, 0.15) is 16.7 Å². The first-order valence-corrected chi connectivity index (χ1v) is 8.97. The van der Waals surface area contributed by atoms with Gasteiger partial charge in [-0.3, -0.25) is 4.79 Å². The van der Waals surface area contributed by atoms with Crippen molar-refractivity contribution >= 4 is 11.6 Å². The van der Waals surface area contributed by atoms with Crippen LogP contribution in [0.15, 0.2) is 48.5 Å². The van der Waals surface area contributed by atoms with E-state index in [2.05, 4.69) is 29.2 Å². The van der Waals surface area contributed by atoms with Gasteiger partial charge >= 0.3 is 0 Å². The number of amides is 1. The first-order valence-electron chi connectivity index (χ1n) is 8.97. The molecule has 2 aliphatic heterocycles. The minimum atomic E-state index is -0.440. The average Bonchev–Trinajstić information content (AvgIpc) is 2.73. The fourth-order valence-corrected chi connectivity index (χ4v) is 3.67. The smallest absolute Gasteiger partial charge is 0.253 e. The molecule has 0 saturated carbocycles. The number of hydrogen-bond donors (Lipinski definition) is 0. The van der Waals surface area contributed by atoms with E-state index in [4.69, 9.17) is 10.00 Å². The second-order valence-corrected chi connectivity index (χ2v) is 6.74. The molecular weight excluding hydrogens is 326 g/mol. The molecule has 0 aromatic heterocycles. The molecule has 1 amide bonds. The first kappa shape index (κ1) is 16.6. The van der Waals surface area contributed by atoms with Crippen molar-refractivity contribution in [3.8, 4) is 6.07 Å². The lowest BCUT2D eigenvalue weighted by Gasteiger charge is -2.37. The highest BCUT2D eigenvalue weighted by Crippen LogP contribution is 2.22. The number of anilines is 1. The Morgan fingerprint density at radius 1 is 1.08 bits per heavy atom. The first-order chi connectivity index (χ1) is 12.7. The van der Waals surface area contributed by atoms with E-state index in [1.54, 1.807) is 0 Å². The van der Waals surface area contributed by atoms with Gasteiger partial charge in [0.15, 0.2) is 6.10 Å². The highest BCUT2D eigenvalue weighted by atomic mass is 16.5. The van der Waals surface area contributed by atoms with E-state index < -0.39 is 6.10 Å². The Bertz CT molecular complexity index is 841. The molecule has 0 N–H and O–H groups in total. The number of benzene rings is 2. The summed E-state index contributed by atoms with van der Waals surface area (Å²) in [5.74, 6) is 0.0675. The standard InChI is InChI=1S/C21H21N3O2/c22-13-16-5-7-19(8-6-16)23-11-12-26-20(15-23)21(25)24-10-9-17-3-1-2-4-18(17)14-24/h1-8,20H,9-12,14-15H2. The summed E-state index contributed by atoms with van der Waals surface area (Å²) >= 11 is 0. The number of nitriles is 1. The molecule has 4 rings (SSSR count). The van der Waals surface area contributed by atoms with Gasteiger partial charge in [0.2, 0.25) is 0 Å². The van der Waals surface area contributed by atoms with Crippen molar-refractivity contribution in [1.29, 1.82) is 5.26 Å². The number of ether oxygens (including phenoxy) is 1. The van der Waals surface area contributed by atoms with Gasteiger partial charge in [0, 0.05) is 25.3 Å². The maximum absolute atomic E-state index is 13.0. The SMILES string of the molecule is N#Cc1ccc(N2CCOC(C(=O)N3CCc4ccccc4C3)C2)cc1. The van der Waals surface area contributed by atoms with Crippen LogP contribution >= 0.6 is 0 Å². The van der Waals surface area contributed by atoms with Crippen LogP contribution in [-0.2, 0) is 22.5 Å². The van der Waals surface area contributed by atoms with Crippen LogP contribution in [0.5, 0.6) is 0 Å². The van der Waals surface area contributed by atoms with Crippen LogP contribution in [0.25, 0.3) is 0 Å². The molecule has 0 radical (unpaired) electrons. The Balaban J connectivity index is 1.44. The molecule has 0 bridgehead atoms. The molecule has 5 nitrogen and oxygen atoms in total. The van der Waals surface area contributed by atoms with Crippen LogP contribution in [0.2, 0.25) is 0 Å². The van der Waals surface area contributed by atoms with Crippen LogP contribution in [0.3, 0.4) is 0 Å². The third-order valence-electron chi connectivity index (χ3n) is 5.15. The zero-order valence-electron chi connectivity index (χ0n) is 14.6. The molecule has 26 heavy (non-hydrogen) atoms. The number of nitrogens with zero attached hydrogens (tertiary/aromatic N) is 3. The monoisotopic (exact) mass is 347 g/mol. The van der Waals surface area contributed by atoms with Gasteiger partial charge in [-0.2, -0.15) is 5.26 Å². The largest absolute Gasteiger partial charge is 0.366 e. The van der Waals surface area contributed by atoms with E-state index in [0.717, 1.165) is 25.2 Å². The van der Waals surface area contributed by atoms with Gasteiger partial charge in [0.05, 0.1) is 24.8 Å². The number of rotatable bonds is 2. The van der Waals surface area contributed by atoms with E-state index >= 15 is 0 Å². The predicted octanol–water partition coefficient (Wildman–Crippen LogP) is 2.35. The lowest BCUT2D eigenvalue weighted by Crippen LogP contribution is -2.52. The summed E-state index contributed by atoms with van der Waals surface area (Å²) < 4.78 is 5.79. The Hall–Kier alpha value is -2.84. The summed E-state index contributed by atoms with van der Waals surface area (Å²) in [4.78, 5) is 17.0. The fourth-order valence-electron chi connectivity index (χ4n) is 3.67. The normalized spacial score (nSPS) is 19.6. The van der Waals surface area contributed by atoms with E-state index in [9.17, 15) is 4.79 Å². The van der Waals surface area contributed by atoms with Gasteiger partial charge in [0.1, 0.15) is 0 Å². The average molecular weight is 347 g/mol. The van der Waals surface area contributed by atoms with Crippen LogP contribution in [0.4, 0.5) is 5.69 Å². The number of hydrogen-bond acceptors (Lipinski definition) is 4. The quantitative estimate of drug-likeness (QED) is 0.837. The van der Waals surface area contributed by atoms with E-state index in [1.807, 2.05) is 35.2 Å². The van der Waals surface area contributed by atoms with Gasteiger partial charge < -0.3 is 14.5 Å². The molecule has 2 aromatic carbocycles. The summed E-state index contributed by atoms with van der Waals surface area (Å²) in [5.41, 5.74) is 4.22. The zero-order valence-corrected chi connectivity index (χ0v) is 14.6. The summed E-state index contributed by atoms with van der Waals surface area (Å²) in [6.07, 6.45) is 0.457. The molecule has 0 aliphatic carbocycles. The Kier molecular flexibility index (Phi) is 4.59. The Morgan fingerprint density at radius 3 is 2.62 bits per heavy atom. The number of morpholine rings is 1. The summed E-state index contributed by atoms with van der Waals surface area (Å²) in [6.45, 7) is 3.22. The van der Waals surface area contributed by atoms with Crippen LogP contribution in [-0.4, -0.2) is 43.2 Å². The topological polar surface area (TPSA) is 56.6 Å². The molecule has 2 aromatic rings. The van der Waals surface area contributed by atoms with Gasteiger partial charge in [-0.25, -0.2) is 0 Å². The molecule has 2 aliphatic rings. The summed E-state index contributed by atoms with van der Waals surface area (Å²) in [5, 5.41) is 8.93. The van der Waals surface area contributed by atoms with Gasteiger partial charge in [-0.05, 0) is 41.8 Å². The molecule has 5 heteroatoms. The van der Waals surface area contributed by atoms with Crippen molar-refractivity contribution in [3.05, 3.63) is 65.2 Å². The maximum Gasteiger partial charge on any atom is 0.253 e.